The van der Waals surface area contributed by atoms with E-state index in [9.17, 15) is 9.46 Å². The Balaban J connectivity index is 0.00000800. The van der Waals surface area contributed by atoms with Gasteiger partial charge in [0, 0.05) is 13.2 Å². The van der Waals surface area contributed by atoms with Crippen molar-refractivity contribution in [1.29, 1.82) is 0 Å². The van der Waals surface area contributed by atoms with E-state index in [2.05, 4.69) is 21.9 Å². The fraction of sp³-hybridized carbons (Fsp3) is 0.821. The van der Waals surface area contributed by atoms with Crippen molar-refractivity contribution in [1.82, 2.24) is 19.5 Å². The van der Waals surface area contributed by atoms with Gasteiger partial charge in [-0.3, -0.25) is 0 Å². The second-order valence-corrected chi connectivity index (χ2v) is 12.2. The van der Waals surface area contributed by atoms with Crippen LogP contribution in [0.25, 0.3) is 11.2 Å². The van der Waals surface area contributed by atoms with E-state index in [4.69, 9.17) is 19.7 Å². The van der Waals surface area contributed by atoms with Gasteiger partial charge < -0.3 is 33.8 Å². The largest absolute Gasteiger partial charge is 1.00 e. The molecule has 2 rings (SSSR count). The van der Waals surface area contributed by atoms with Gasteiger partial charge in [0.2, 0.25) is 0 Å². The molecule has 0 aliphatic rings. The number of imidazole rings is 1. The molecule has 0 aliphatic carbocycles. The molecule has 0 radical (unpaired) electrons. The van der Waals surface area contributed by atoms with Crippen LogP contribution in [-0.4, -0.2) is 51.8 Å². The Kier molecular flexibility index (Phi) is 20.9. The number of anilines is 1. The van der Waals surface area contributed by atoms with E-state index in [0.717, 1.165) is 6.42 Å². The Bertz CT molecular complexity index is 951. The normalized spacial score (nSPS) is 13.8. The van der Waals surface area contributed by atoms with Crippen LogP contribution in [0.3, 0.4) is 0 Å². The van der Waals surface area contributed by atoms with Crippen molar-refractivity contribution in [2.24, 2.45) is 0 Å². The van der Waals surface area contributed by atoms with Gasteiger partial charge in [0.05, 0.1) is 25.6 Å². The molecule has 0 spiro atoms. The Labute approximate surface area is 253 Å². The quantitative estimate of drug-likeness (QED) is 0.107. The average molecular weight is 576 g/mol. The number of aromatic nitrogens is 4. The molecule has 0 aromatic carbocycles. The molecule has 0 saturated heterocycles. The van der Waals surface area contributed by atoms with Crippen molar-refractivity contribution in [3.05, 3.63) is 12.7 Å². The smallest absolute Gasteiger partial charge is 0.777 e. The molecular formula is C28H51LiN5O5P. The van der Waals surface area contributed by atoms with Gasteiger partial charge in [-0.1, -0.05) is 90.4 Å². The van der Waals surface area contributed by atoms with Gasteiger partial charge >= 0.3 is 18.9 Å². The predicted molar refractivity (Wildman–Crippen MR) is 154 cm³/mol. The molecule has 10 nitrogen and oxygen atoms in total. The van der Waals surface area contributed by atoms with Crippen LogP contribution in [0.1, 0.15) is 110 Å². The predicted octanol–water partition coefficient (Wildman–Crippen LogP) is 3.23. The van der Waals surface area contributed by atoms with E-state index >= 15 is 0 Å². The van der Waals surface area contributed by atoms with E-state index in [1.165, 1.54) is 89.8 Å². The second kappa shape index (κ2) is 22.6. The first-order valence-electron chi connectivity index (χ1n) is 15.0. The molecule has 0 bridgehead atoms. The van der Waals surface area contributed by atoms with Crippen LogP contribution in [0, 0.1) is 0 Å². The van der Waals surface area contributed by atoms with E-state index in [-0.39, 0.29) is 25.5 Å². The Morgan fingerprint density at radius 3 is 2.08 bits per heavy atom. The van der Waals surface area contributed by atoms with Crippen molar-refractivity contribution < 1.29 is 42.3 Å². The summed E-state index contributed by atoms with van der Waals surface area (Å²) in [6.45, 7) is 5.73. The van der Waals surface area contributed by atoms with Crippen molar-refractivity contribution in [3.8, 4) is 0 Å². The summed E-state index contributed by atoms with van der Waals surface area (Å²) in [5.41, 5.74) is 6.88. The van der Waals surface area contributed by atoms with Gasteiger partial charge in [-0.15, -0.1) is 0 Å². The summed E-state index contributed by atoms with van der Waals surface area (Å²) in [5.74, 6) is 0.299. The maximum absolute atomic E-state index is 12.2. The standard InChI is InChI=1S/C28H52N5O5P.Li/c1-3-4-5-6-7-8-9-10-11-12-13-14-15-16-18-36-19-17-20-38-39(34,35)24-37-25(2)21-33-23-32-26-27(29)30-22-31-28(26)33;/h22-23,25H,3-21,24H2,1-2H3,(H,34,35)(H2,29,30,31);/q;+1/p-1/t25-;/m1./s1. The zero-order chi connectivity index (χ0) is 28.2. The molecule has 2 heterocycles. The minimum absolute atomic E-state index is 0. The molecule has 0 fully saturated rings. The number of hydrogen-bond donors (Lipinski definition) is 1. The van der Waals surface area contributed by atoms with Crippen molar-refractivity contribution in [2.75, 3.05) is 31.9 Å². The number of ether oxygens (including phenoxy) is 2. The number of nitrogen functional groups attached to an aromatic ring is 1. The summed E-state index contributed by atoms with van der Waals surface area (Å²) in [4.78, 5) is 24.4. The molecule has 224 valence electrons. The van der Waals surface area contributed by atoms with E-state index in [1.807, 2.05) is 0 Å². The summed E-state index contributed by atoms with van der Waals surface area (Å²) >= 11 is 0. The van der Waals surface area contributed by atoms with Gasteiger partial charge in [-0.2, -0.15) is 0 Å². The zero-order valence-electron chi connectivity index (χ0n) is 25.2. The van der Waals surface area contributed by atoms with Crippen LogP contribution < -0.4 is 29.5 Å². The van der Waals surface area contributed by atoms with Crippen LogP contribution in [0.15, 0.2) is 12.7 Å². The molecule has 2 atom stereocenters. The van der Waals surface area contributed by atoms with Crippen LogP contribution in [-0.2, 0) is 25.1 Å². The van der Waals surface area contributed by atoms with Gasteiger partial charge in [0.25, 0.3) is 0 Å². The summed E-state index contributed by atoms with van der Waals surface area (Å²) in [5, 5.41) is 0. The topological polar surface area (TPSA) is 137 Å². The molecule has 2 aromatic heterocycles. The number of unbranched alkanes of at least 4 members (excludes halogenated alkanes) is 13. The van der Waals surface area contributed by atoms with E-state index in [0.29, 0.717) is 43.2 Å². The Hall–Kier alpha value is -0.983. The third-order valence-electron chi connectivity index (χ3n) is 6.76. The van der Waals surface area contributed by atoms with Crippen LogP contribution >= 0.6 is 7.60 Å². The number of nitrogens with zero attached hydrogens (tertiary/aromatic N) is 4. The first-order valence-corrected chi connectivity index (χ1v) is 16.7. The third kappa shape index (κ3) is 16.5. The number of nitrogens with two attached hydrogens (primary N) is 1. The number of hydrogen-bond acceptors (Lipinski definition) is 9. The molecule has 2 aromatic rings. The molecule has 0 amide bonds. The molecule has 0 aliphatic heterocycles. The van der Waals surface area contributed by atoms with Crippen molar-refractivity contribution >= 4 is 24.6 Å². The minimum atomic E-state index is -4.08. The maximum Gasteiger partial charge on any atom is 1.00 e. The van der Waals surface area contributed by atoms with Crippen molar-refractivity contribution in [3.63, 3.8) is 0 Å². The molecule has 12 heteroatoms. The molecule has 0 saturated carbocycles. The third-order valence-corrected chi connectivity index (χ3v) is 7.80. The van der Waals surface area contributed by atoms with Crippen LogP contribution in [0.4, 0.5) is 5.82 Å². The summed E-state index contributed by atoms with van der Waals surface area (Å²) < 4.78 is 30.1. The fourth-order valence-electron chi connectivity index (χ4n) is 4.48. The first-order chi connectivity index (χ1) is 18.9. The van der Waals surface area contributed by atoms with Gasteiger partial charge in [0.15, 0.2) is 19.1 Å². The zero-order valence-corrected chi connectivity index (χ0v) is 26.1. The maximum atomic E-state index is 12.2. The van der Waals surface area contributed by atoms with E-state index < -0.39 is 20.0 Å². The van der Waals surface area contributed by atoms with Gasteiger partial charge in [0.1, 0.15) is 18.2 Å². The first kappa shape index (κ1) is 37.0. The second-order valence-electron chi connectivity index (χ2n) is 10.4. The molecule has 40 heavy (non-hydrogen) atoms. The summed E-state index contributed by atoms with van der Waals surface area (Å²) in [6, 6.07) is 0. The summed E-state index contributed by atoms with van der Waals surface area (Å²) in [7, 11) is -4.08. The average Bonchev–Trinajstić information content (AvgIpc) is 3.32. The van der Waals surface area contributed by atoms with E-state index in [1.54, 1.807) is 17.8 Å². The molecule has 2 N–H and O–H groups in total. The Morgan fingerprint density at radius 2 is 1.45 bits per heavy atom. The number of fused-ring (bicyclic) bond motifs is 1. The van der Waals surface area contributed by atoms with Gasteiger partial charge in [-0.05, 0) is 19.8 Å². The minimum Gasteiger partial charge on any atom is -0.777 e. The van der Waals surface area contributed by atoms with Crippen LogP contribution in [0.2, 0.25) is 0 Å². The molecule has 1 unspecified atom stereocenters. The monoisotopic (exact) mass is 575 g/mol. The number of rotatable bonds is 25. The Morgan fingerprint density at radius 1 is 0.875 bits per heavy atom. The van der Waals surface area contributed by atoms with Crippen LogP contribution in [0.5, 0.6) is 0 Å². The molecular weight excluding hydrogens is 524 g/mol. The fourth-order valence-corrected chi connectivity index (χ4v) is 5.40. The summed E-state index contributed by atoms with van der Waals surface area (Å²) in [6.07, 6.45) is 21.3. The SMILES string of the molecule is CCCCCCCCCCCCCCCCOCCCOP(=O)([O-])CO[C@H](C)Cn1cnc2c(N)ncnc21.[Li+]. The van der Waals surface area contributed by atoms with Gasteiger partial charge in [-0.25, -0.2) is 15.0 Å². The van der Waals surface area contributed by atoms with Crippen molar-refractivity contribution in [2.45, 2.75) is 123 Å².